The van der Waals surface area contributed by atoms with Crippen molar-refractivity contribution in [2.24, 2.45) is 0 Å². The first kappa shape index (κ1) is 21.4. The Bertz CT molecular complexity index is 877. The number of hydrogen-bond donors (Lipinski definition) is 0. The molecule has 1 saturated heterocycles. The second-order valence-corrected chi connectivity index (χ2v) is 7.52. The van der Waals surface area contributed by atoms with E-state index in [-0.39, 0.29) is 30.7 Å². The molecule has 1 fully saturated rings. The molecular weight excluding hydrogens is 418 g/mol. The van der Waals surface area contributed by atoms with Crippen molar-refractivity contribution < 1.29 is 18.7 Å². The standard InChI is InChI=1S/C21H21Cl2FN2O3/c22-18-7-6-17(14-19(18)23)29-13-8-20(27)25-9-1-10-26(12-11-25)21(28)15-2-4-16(24)5-3-15/h2-7,14H,1,8-13H2. The van der Waals surface area contributed by atoms with Crippen molar-refractivity contribution in [1.29, 1.82) is 0 Å². The second-order valence-electron chi connectivity index (χ2n) is 6.71. The van der Waals surface area contributed by atoms with Gasteiger partial charge in [0.25, 0.3) is 5.91 Å². The molecule has 2 aromatic carbocycles. The summed E-state index contributed by atoms with van der Waals surface area (Å²) < 4.78 is 18.6. The fourth-order valence-electron chi connectivity index (χ4n) is 3.13. The maximum absolute atomic E-state index is 13.1. The number of ether oxygens (including phenoxy) is 1. The van der Waals surface area contributed by atoms with Gasteiger partial charge in [-0.3, -0.25) is 9.59 Å². The highest BCUT2D eigenvalue weighted by Gasteiger charge is 2.22. The van der Waals surface area contributed by atoms with E-state index in [1.54, 1.807) is 28.0 Å². The van der Waals surface area contributed by atoms with Crippen molar-refractivity contribution in [1.82, 2.24) is 9.80 Å². The quantitative estimate of drug-likeness (QED) is 0.699. The molecule has 5 nitrogen and oxygen atoms in total. The number of nitrogens with zero attached hydrogens (tertiary/aromatic N) is 2. The van der Waals surface area contributed by atoms with Crippen molar-refractivity contribution in [3.63, 3.8) is 0 Å². The number of benzene rings is 2. The lowest BCUT2D eigenvalue weighted by atomic mass is 10.2. The van der Waals surface area contributed by atoms with Gasteiger partial charge in [-0.05, 0) is 42.8 Å². The molecule has 1 aliphatic heterocycles. The Morgan fingerprint density at radius 2 is 1.62 bits per heavy atom. The Morgan fingerprint density at radius 1 is 0.931 bits per heavy atom. The van der Waals surface area contributed by atoms with Crippen LogP contribution in [0, 0.1) is 5.82 Å². The lowest BCUT2D eigenvalue weighted by molar-refractivity contribution is -0.131. The zero-order chi connectivity index (χ0) is 20.8. The van der Waals surface area contributed by atoms with Crippen molar-refractivity contribution >= 4 is 35.0 Å². The lowest BCUT2D eigenvalue weighted by Gasteiger charge is -2.22. The van der Waals surface area contributed by atoms with Crippen LogP contribution < -0.4 is 4.74 Å². The van der Waals surface area contributed by atoms with Crippen LogP contribution in [0.4, 0.5) is 4.39 Å². The highest BCUT2D eigenvalue weighted by atomic mass is 35.5. The van der Waals surface area contributed by atoms with Gasteiger partial charge in [-0.25, -0.2) is 4.39 Å². The van der Waals surface area contributed by atoms with Crippen LogP contribution in [0.3, 0.4) is 0 Å². The molecule has 0 saturated carbocycles. The van der Waals surface area contributed by atoms with Gasteiger partial charge in [0.15, 0.2) is 0 Å². The zero-order valence-corrected chi connectivity index (χ0v) is 17.3. The summed E-state index contributed by atoms with van der Waals surface area (Å²) in [5.41, 5.74) is 0.446. The first-order valence-electron chi connectivity index (χ1n) is 9.34. The number of carbonyl (C=O) groups excluding carboxylic acids is 2. The fourth-order valence-corrected chi connectivity index (χ4v) is 3.41. The van der Waals surface area contributed by atoms with E-state index >= 15 is 0 Å². The topological polar surface area (TPSA) is 49.9 Å². The average molecular weight is 439 g/mol. The van der Waals surface area contributed by atoms with E-state index < -0.39 is 0 Å². The molecule has 2 amide bonds. The summed E-state index contributed by atoms with van der Waals surface area (Å²) in [5, 5.41) is 0.841. The smallest absolute Gasteiger partial charge is 0.253 e. The minimum atomic E-state index is -0.378. The van der Waals surface area contributed by atoms with Gasteiger partial charge in [0.2, 0.25) is 5.91 Å². The minimum Gasteiger partial charge on any atom is -0.493 e. The molecule has 0 bridgehead atoms. The molecule has 1 aliphatic rings. The van der Waals surface area contributed by atoms with E-state index in [0.717, 1.165) is 0 Å². The first-order chi connectivity index (χ1) is 13.9. The Balaban J connectivity index is 1.48. The summed E-state index contributed by atoms with van der Waals surface area (Å²) in [7, 11) is 0. The van der Waals surface area contributed by atoms with Crippen LogP contribution in [0.2, 0.25) is 10.0 Å². The van der Waals surface area contributed by atoms with Crippen molar-refractivity contribution in [3.8, 4) is 5.75 Å². The summed E-state index contributed by atoms with van der Waals surface area (Å²) in [6, 6.07) is 10.5. The van der Waals surface area contributed by atoms with Gasteiger partial charge in [-0.2, -0.15) is 0 Å². The number of amides is 2. The molecule has 0 atom stereocenters. The van der Waals surface area contributed by atoms with Gasteiger partial charge >= 0.3 is 0 Å². The SMILES string of the molecule is O=C(CCOc1ccc(Cl)c(Cl)c1)N1CCCN(C(=O)c2ccc(F)cc2)CC1. The van der Waals surface area contributed by atoms with Gasteiger partial charge in [-0.15, -0.1) is 0 Å². The van der Waals surface area contributed by atoms with Crippen molar-refractivity contribution in [3.05, 3.63) is 63.9 Å². The van der Waals surface area contributed by atoms with Crippen molar-refractivity contribution in [2.75, 3.05) is 32.8 Å². The second kappa shape index (κ2) is 9.94. The zero-order valence-electron chi connectivity index (χ0n) is 15.7. The maximum atomic E-state index is 13.1. The Labute approximate surface area is 178 Å². The molecule has 0 unspecified atom stereocenters. The third kappa shape index (κ3) is 5.84. The van der Waals surface area contributed by atoms with Gasteiger partial charge in [0.1, 0.15) is 11.6 Å². The molecule has 0 aliphatic carbocycles. The molecule has 0 radical (unpaired) electrons. The van der Waals surface area contributed by atoms with Crippen LogP contribution in [0.25, 0.3) is 0 Å². The van der Waals surface area contributed by atoms with E-state index in [0.29, 0.717) is 54.0 Å². The normalized spacial score (nSPS) is 14.4. The van der Waals surface area contributed by atoms with E-state index in [4.69, 9.17) is 27.9 Å². The van der Waals surface area contributed by atoms with E-state index in [1.807, 2.05) is 0 Å². The highest BCUT2D eigenvalue weighted by Crippen LogP contribution is 2.26. The van der Waals surface area contributed by atoms with E-state index in [2.05, 4.69) is 0 Å². The third-order valence-electron chi connectivity index (χ3n) is 4.70. The van der Waals surface area contributed by atoms with Crippen molar-refractivity contribution in [2.45, 2.75) is 12.8 Å². The molecule has 3 rings (SSSR count). The molecule has 0 N–H and O–H groups in total. The third-order valence-corrected chi connectivity index (χ3v) is 5.44. The van der Waals surface area contributed by atoms with Crippen LogP contribution in [0.5, 0.6) is 5.75 Å². The van der Waals surface area contributed by atoms with Crippen LogP contribution in [-0.4, -0.2) is 54.4 Å². The number of rotatable bonds is 5. The summed E-state index contributed by atoms with van der Waals surface area (Å²) in [6.07, 6.45) is 0.915. The Morgan fingerprint density at radius 3 is 2.34 bits per heavy atom. The molecule has 1 heterocycles. The van der Waals surface area contributed by atoms with Gasteiger partial charge in [-0.1, -0.05) is 23.2 Å². The number of halogens is 3. The van der Waals surface area contributed by atoms with E-state index in [9.17, 15) is 14.0 Å². The molecule has 29 heavy (non-hydrogen) atoms. The molecular formula is C21H21Cl2FN2O3. The maximum Gasteiger partial charge on any atom is 0.253 e. The summed E-state index contributed by atoms with van der Waals surface area (Å²) in [6.45, 7) is 2.26. The minimum absolute atomic E-state index is 0.0267. The molecule has 0 spiro atoms. The average Bonchev–Trinajstić information content (AvgIpc) is 2.97. The molecule has 0 aromatic heterocycles. The van der Waals surface area contributed by atoms with Crippen LogP contribution in [-0.2, 0) is 4.79 Å². The summed E-state index contributed by atoms with van der Waals surface area (Å²) in [4.78, 5) is 28.5. The van der Waals surface area contributed by atoms with Gasteiger partial charge in [0.05, 0.1) is 23.1 Å². The van der Waals surface area contributed by atoms with Crippen LogP contribution in [0.1, 0.15) is 23.2 Å². The van der Waals surface area contributed by atoms with Crippen LogP contribution >= 0.6 is 23.2 Å². The Hall–Kier alpha value is -2.31. The number of hydrogen-bond acceptors (Lipinski definition) is 3. The first-order valence-corrected chi connectivity index (χ1v) is 10.1. The summed E-state index contributed by atoms with van der Waals surface area (Å²) in [5.74, 6) is -0.000180. The predicted octanol–water partition coefficient (Wildman–Crippen LogP) is 4.28. The fraction of sp³-hybridized carbons (Fsp3) is 0.333. The Kier molecular flexibility index (Phi) is 7.34. The lowest BCUT2D eigenvalue weighted by Crippen LogP contribution is -2.37. The molecule has 154 valence electrons. The van der Waals surface area contributed by atoms with Gasteiger partial charge < -0.3 is 14.5 Å². The largest absolute Gasteiger partial charge is 0.493 e. The number of carbonyl (C=O) groups is 2. The monoisotopic (exact) mass is 438 g/mol. The van der Waals surface area contributed by atoms with Gasteiger partial charge in [0, 0.05) is 37.8 Å². The van der Waals surface area contributed by atoms with Crippen LogP contribution in [0.15, 0.2) is 42.5 Å². The van der Waals surface area contributed by atoms with E-state index in [1.165, 1.54) is 24.3 Å². The highest BCUT2D eigenvalue weighted by molar-refractivity contribution is 6.42. The predicted molar refractivity (Wildman–Crippen MR) is 110 cm³/mol. The molecule has 2 aromatic rings. The molecule has 8 heteroatoms. The summed E-state index contributed by atoms with van der Waals surface area (Å²) >= 11 is 11.8.